The number of H-pyrrole nitrogens is 1. The monoisotopic (exact) mass is 423 g/mol. The Labute approximate surface area is 176 Å². The summed E-state index contributed by atoms with van der Waals surface area (Å²) < 4.78 is 5.73. The third-order valence-corrected chi connectivity index (χ3v) is 6.49. The summed E-state index contributed by atoms with van der Waals surface area (Å²) in [4.78, 5) is 28.0. The number of hydrogen-bond donors (Lipinski definition) is 1. The SMILES string of the molecule is CCc1cc2c(N3CCN(C(=O)COc4cccc5n[nH]nc45)CC3)ncnc2s1. The summed E-state index contributed by atoms with van der Waals surface area (Å²) in [6, 6.07) is 7.65. The maximum Gasteiger partial charge on any atom is 0.260 e. The van der Waals surface area contributed by atoms with Crippen LogP contribution in [0.15, 0.2) is 30.6 Å². The van der Waals surface area contributed by atoms with Gasteiger partial charge in [-0.2, -0.15) is 15.4 Å². The molecule has 5 rings (SSSR count). The number of hydrogen-bond acceptors (Lipinski definition) is 8. The van der Waals surface area contributed by atoms with Crippen molar-refractivity contribution in [2.45, 2.75) is 13.3 Å². The number of nitrogens with zero attached hydrogens (tertiary/aromatic N) is 6. The first-order valence-corrected chi connectivity index (χ1v) is 10.7. The van der Waals surface area contributed by atoms with Gasteiger partial charge in [-0.05, 0) is 24.6 Å². The van der Waals surface area contributed by atoms with Crippen LogP contribution in [0.4, 0.5) is 5.82 Å². The molecule has 0 saturated carbocycles. The zero-order valence-electron chi connectivity index (χ0n) is 16.5. The van der Waals surface area contributed by atoms with E-state index in [-0.39, 0.29) is 12.5 Å². The van der Waals surface area contributed by atoms with Gasteiger partial charge in [0.2, 0.25) is 0 Å². The van der Waals surface area contributed by atoms with E-state index in [2.05, 4.69) is 43.3 Å². The third-order valence-electron chi connectivity index (χ3n) is 5.30. The molecule has 9 nitrogen and oxygen atoms in total. The van der Waals surface area contributed by atoms with Crippen molar-refractivity contribution < 1.29 is 9.53 Å². The molecule has 154 valence electrons. The number of nitrogens with one attached hydrogen (secondary N) is 1. The number of aromatic amines is 1. The Bertz CT molecular complexity index is 1200. The maximum atomic E-state index is 12.7. The predicted octanol–water partition coefficient (Wildman–Crippen LogP) is 2.25. The predicted molar refractivity (Wildman–Crippen MR) is 115 cm³/mol. The van der Waals surface area contributed by atoms with Crippen LogP contribution in [-0.4, -0.2) is 69.0 Å². The van der Waals surface area contributed by atoms with Crippen LogP contribution in [-0.2, 0) is 11.2 Å². The first-order valence-electron chi connectivity index (χ1n) is 9.91. The lowest BCUT2D eigenvalue weighted by Crippen LogP contribution is -2.50. The van der Waals surface area contributed by atoms with Gasteiger partial charge in [-0.25, -0.2) is 9.97 Å². The van der Waals surface area contributed by atoms with Crippen molar-refractivity contribution in [3.63, 3.8) is 0 Å². The minimum Gasteiger partial charge on any atom is -0.481 e. The molecule has 1 aliphatic rings. The molecule has 0 aliphatic carbocycles. The van der Waals surface area contributed by atoms with E-state index in [1.165, 1.54) is 4.88 Å². The van der Waals surface area contributed by atoms with Crippen LogP contribution in [0.1, 0.15) is 11.8 Å². The number of para-hydroxylation sites is 1. The minimum absolute atomic E-state index is 0.0197. The Morgan fingerprint density at radius 3 is 2.90 bits per heavy atom. The van der Waals surface area contributed by atoms with E-state index in [4.69, 9.17) is 4.74 Å². The maximum absolute atomic E-state index is 12.7. The second kappa shape index (κ2) is 7.86. The van der Waals surface area contributed by atoms with Crippen LogP contribution < -0.4 is 9.64 Å². The van der Waals surface area contributed by atoms with Gasteiger partial charge in [-0.15, -0.1) is 11.3 Å². The highest BCUT2D eigenvalue weighted by atomic mass is 32.1. The molecule has 1 amide bonds. The molecule has 1 N–H and O–H groups in total. The molecule has 4 heterocycles. The van der Waals surface area contributed by atoms with E-state index in [0.717, 1.165) is 35.5 Å². The lowest BCUT2D eigenvalue weighted by atomic mass is 10.2. The van der Waals surface area contributed by atoms with E-state index in [0.29, 0.717) is 29.9 Å². The Morgan fingerprint density at radius 2 is 2.07 bits per heavy atom. The number of aromatic nitrogens is 5. The number of rotatable bonds is 5. The van der Waals surface area contributed by atoms with E-state index < -0.39 is 0 Å². The Morgan fingerprint density at radius 1 is 1.20 bits per heavy atom. The molecule has 0 bridgehead atoms. The smallest absolute Gasteiger partial charge is 0.260 e. The van der Waals surface area contributed by atoms with Crippen LogP contribution in [0.3, 0.4) is 0 Å². The van der Waals surface area contributed by atoms with Crippen molar-refractivity contribution in [2.24, 2.45) is 0 Å². The summed E-state index contributed by atoms with van der Waals surface area (Å²) in [6.07, 6.45) is 2.62. The van der Waals surface area contributed by atoms with E-state index in [1.807, 2.05) is 17.0 Å². The first kappa shape index (κ1) is 18.7. The Kier molecular flexibility index (Phi) is 4.91. The Balaban J connectivity index is 1.22. The molecule has 30 heavy (non-hydrogen) atoms. The van der Waals surface area contributed by atoms with Crippen LogP contribution >= 0.6 is 11.3 Å². The van der Waals surface area contributed by atoms with Gasteiger partial charge < -0.3 is 14.5 Å². The van der Waals surface area contributed by atoms with Gasteiger partial charge in [0.25, 0.3) is 5.91 Å². The van der Waals surface area contributed by atoms with Crippen molar-refractivity contribution in [2.75, 3.05) is 37.7 Å². The number of carbonyl (C=O) groups is 1. The fourth-order valence-corrected chi connectivity index (χ4v) is 4.61. The van der Waals surface area contributed by atoms with Crippen molar-refractivity contribution >= 4 is 44.3 Å². The number of carbonyl (C=O) groups excluding carboxylic acids is 1. The summed E-state index contributed by atoms with van der Waals surface area (Å²) in [7, 11) is 0. The lowest BCUT2D eigenvalue weighted by Gasteiger charge is -2.35. The molecular weight excluding hydrogens is 402 g/mol. The molecule has 1 aliphatic heterocycles. The number of thiophene rings is 1. The molecule has 0 unspecified atom stereocenters. The summed E-state index contributed by atoms with van der Waals surface area (Å²) >= 11 is 1.72. The highest BCUT2D eigenvalue weighted by Gasteiger charge is 2.24. The van der Waals surface area contributed by atoms with Gasteiger partial charge in [0.1, 0.15) is 28.2 Å². The number of piperazine rings is 1. The second-order valence-electron chi connectivity index (χ2n) is 7.09. The van der Waals surface area contributed by atoms with Gasteiger partial charge >= 0.3 is 0 Å². The summed E-state index contributed by atoms with van der Waals surface area (Å²) in [6.45, 7) is 4.85. The third kappa shape index (κ3) is 3.43. The van der Waals surface area contributed by atoms with E-state index >= 15 is 0 Å². The molecule has 1 fully saturated rings. The quantitative estimate of drug-likeness (QED) is 0.525. The molecule has 1 aromatic carbocycles. The van der Waals surface area contributed by atoms with Crippen molar-refractivity contribution in [3.8, 4) is 5.75 Å². The van der Waals surface area contributed by atoms with Crippen LogP contribution in [0.5, 0.6) is 5.75 Å². The van der Waals surface area contributed by atoms with Crippen molar-refractivity contribution in [1.82, 2.24) is 30.3 Å². The molecular formula is C20H21N7O2S. The van der Waals surface area contributed by atoms with Gasteiger partial charge in [-0.1, -0.05) is 13.0 Å². The largest absolute Gasteiger partial charge is 0.481 e. The fourth-order valence-electron chi connectivity index (χ4n) is 3.68. The van der Waals surface area contributed by atoms with E-state index in [9.17, 15) is 4.79 Å². The average Bonchev–Trinajstić information content (AvgIpc) is 3.44. The van der Waals surface area contributed by atoms with Gasteiger partial charge in [0, 0.05) is 31.1 Å². The van der Waals surface area contributed by atoms with Crippen molar-refractivity contribution in [3.05, 3.63) is 35.5 Å². The fraction of sp³-hybridized carbons (Fsp3) is 0.350. The molecule has 10 heteroatoms. The summed E-state index contributed by atoms with van der Waals surface area (Å²) in [5, 5.41) is 11.8. The van der Waals surface area contributed by atoms with E-state index in [1.54, 1.807) is 23.7 Å². The number of amides is 1. The molecule has 0 atom stereocenters. The standard InChI is InChI=1S/C20H21N7O2S/c1-2-13-10-14-19(21-12-22-20(14)30-13)27-8-6-26(7-9-27)17(28)11-29-16-5-3-4-15-18(16)24-25-23-15/h3-5,10,12H,2,6-9,11H2,1H3,(H,23,24,25). The molecule has 4 aromatic rings. The summed E-state index contributed by atoms with van der Waals surface area (Å²) in [5.41, 5.74) is 1.34. The molecule has 0 radical (unpaired) electrons. The normalized spacial score (nSPS) is 14.6. The van der Waals surface area contributed by atoms with Crippen molar-refractivity contribution in [1.29, 1.82) is 0 Å². The summed E-state index contributed by atoms with van der Waals surface area (Å²) in [5.74, 6) is 1.48. The lowest BCUT2D eigenvalue weighted by molar-refractivity contribution is -0.133. The molecule has 0 spiro atoms. The van der Waals surface area contributed by atoms with Gasteiger partial charge in [0.15, 0.2) is 12.1 Å². The minimum atomic E-state index is -0.0354. The highest BCUT2D eigenvalue weighted by Crippen LogP contribution is 2.31. The Hall–Kier alpha value is -3.27. The van der Waals surface area contributed by atoms with Gasteiger partial charge in [0.05, 0.1) is 5.39 Å². The highest BCUT2D eigenvalue weighted by molar-refractivity contribution is 7.18. The number of fused-ring (bicyclic) bond motifs is 2. The first-order chi connectivity index (χ1) is 14.7. The molecule has 3 aromatic heterocycles. The second-order valence-corrected chi connectivity index (χ2v) is 8.20. The van der Waals surface area contributed by atoms with Gasteiger partial charge in [-0.3, -0.25) is 4.79 Å². The number of anilines is 1. The number of benzene rings is 1. The topological polar surface area (TPSA) is 100 Å². The van der Waals surface area contributed by atoms with Crippen LogP contribution in [0, 0.1) is 0 Å². The molecule has 1 saturated heterocycles. The number of ether oxygens (including phenoxy) is 1. The van der Waals surface area contributed by atoms with Crippen LogP contribution in [0.25, 0.3) is 21.3 Å². The zero-order valence-corrected chi connectivity index (χ0v) is 17.4. The zero-order chi connectivity index (χ0) is 20.5. The van der Waals surface area contributed by atoms with Crippen LogP contribution in [0.2, 0.25) is 0 Å². The number of aryl methyl sites for hydroxylation is 1. The average molecular weight is 424 g/mol.